The van der Waals surface area contributed by atoms with Crippen LogP contribution in [0.2, 0.25) is 0 Å². The lowest BCUT2D eigenvalue weighted by molar-refractivity contribution is 0.340. The molecule has 0 spiro atoms. The van der Waals surface area contributed by atoms with Crippen molar-refractivity contribution < 1.29 is 9.15 Å². The van der Waals surface area contributed by atoms with Crippen LogP contribution in [-0.4, -0.2) is 6.61 Å². The maximum atomic E-state index is 12.1. The molecule has 0 saturated carbocycles. The van der Waals surface area contributed by atoms with Gasteiger partial charge in [-0.2, -0.15) is 0 Å². The Morgan fingerprint density at radius 3 is 2.74 bits per heavy atom. The maximum absolute atomic E-state index is 12.1. The number of ether oxygens (including phenoxy) is 1. The second kappa shape index (κ2) is 6.53. The molecule has 0 aliphatic heterocycles. The quantitative estimate of drug-likeness (QED) is 0.657. The molecule has 3 heteroatoms. The molecule has 0 saturated heterocycles. The minimum absolute atomic E-state index is 0.352. The average molecular weight is 306 g/mol. The Kier molecular flexibility index (Phi) is 4.29. The molecule has 0 bridgehead atoms. The Bertz CT molecular complexity index is 920. The van der Waals surface area contributed by atoms with Crippen LogP contribution in [0, 0.1) is 6.92 Å². The van der Waals surface area contributed by atoms with Crippen LogP contribution in [-0.2, 0) is 0 Å². The molecule has 3 nitrogen and oxygen atoms in total. The predicted octanol–water partition coefficient (Wildman–Crippen LogP) is 4.67. The minimum atomic E-state index is -0.352. The first-order chi connectivity index (χ1) is 11.2. The molecule has 0 N–H and O–H groups in total. The Morgan fingerprint density at radius 1 is 1.09 bits per heavy atom. The van der Waals surface area contributed by atoms with E-state index in [9.17, 15) is 4.79 Å². The standard InChI is InChI=1S/C20H18O3/c1-3-22-18-10-9-16-12-17(20(21)23-19(16)13-18)8-7-15-6-4-5-14(2)11-15/h4-13H,3H2,1-2H3/b8-7+. The van der Waals surface area contributed by atoms with E-state index >= 15 is 0 Å². The summed E-state index contributed by atoms with van der Waals surface area (Å²) in [6.07, 6.45) is 3.70. The first-order valence-electron chi connectivity index (χ1n) is 7.61. The summed E-state index contributed by atoms with van der Waals surface area (Å²) in [5.41, 5.74) is 2.95. The normalized spacial score (nSPS) is 11.2. The van der Waals surface area contributed by atoms with Crippen LogP contribution < -0.4 is 10.4 Å². The lowest BCUT2D eigenvalue weighted by atomic mass is 10.1. The Balaban J connectivity index is 1.97. The number of rotatable bonds is 4. The second-order valence-electron chi connectivity index (χ2n) is 5.37. The highest BCUT2D eigenvalue weighted by Gasteiger charge is 2.04. The van der Waals surface area contributed by atoms with Crippen molar-refractivity contribution in [2.24, 2.45) is 0 Å². The third-order valence-electron chi connectivity index (χ3n) is 3.54. The van der Waals surface area contributed by atoms with Crippen LogP contribution in [0.25, 0.3) is 23.1 Å². The summed E-state index contributed by atoms with van der Waals surface area (Å²) < 4.78 is 10.8. The van der Waals surface area contributed by atoms with E-state index in [2.05, 4.69) is 6.07 Å². The monoisotopic (exact) mass is 306 g/mol. The van der Waals surface area contributed by atoms with Crippen molar-refractivity contribution in [1.82, 2.24) is 0 Å². The summed E-state index contributed by atoms with van der Waals surface area (Å²) in [5, 5.41) is 0.872. The average Bonchev–Trinajstić information content (AvgIpc) is 2.53. The van der Waals surface area contributed by atoms with Gasteiger partial charge in [0.25, 0.3) is 0 Å². The van der Waals surface area contributed by atoms with E-state index in [4.69, 9.17) is 9.15 Å². The number of benzene rings is 2. The van der Waals surface area contributed by atoms with Crippen LogP contribution in [0.1, 0.15) is 23.6 Å². The fourth-order valence-corrected chi connectivity index (χ4v) is 2.44. The van der Waals surface area contributed by atoms with Crippen molar-refractivity contribution in [3.63, 3.8) is 0 Å². The zero-order valence-electron chi connectivity index (χ0n) is 13.2. The summed E-state index contributed by atoms with van der Waals surface area (Å²) in [7, 11) is 0. The summed E-state index contributed by atoms with van der Waals surface area (Å²) in [4.78, 5) is 12.1. The van der Waals surface area contributed by atoms with E-state index in [1.54, 1.807) is 12.1 Å². The summed E-state index contributed by atoms with van der Waals surface area (Å²) in [6.45, 7) is 4.53. The van der Waals surface area contributed by atoms with Gasteiger partial charge in [0.2, 0.25) is 0 Å². The molecule has 0 atom stereocenters. The van der Waals surface area contributed by atoms with Crippen molar-refractivity contribution in [3.05, 3.63) is 75.6 Å². The van der Waals surface area contributed by atoms with E-state index in [0.29, 0.717) is 23.5 Å². The third kappa shape index (κ3) is 3.51. The molecule has 116 valence electrons. The van der Waals surface area contributed by atoms with E-state index < -0.39 is 0 Å². The lowest BCUT2D eigenvalue weighted by Gasteiger charge is -2.04. The van der Waals surface area contributed by atoms with E-state index in [1.807, 2.05) is 56.3 Å². The molecule has 3 rings (SSSR count). The van der Waals surface area contributed by atoms with Crippen molar-refractivity contribution >= 4 is 23.1 Å². The summed E-state index contributed by atoms with van der Waals surface area (Å²) >= 11 is 0. The van der Waals surface area contributed by atoms with Crippen LogP contribution in [0.5, 0.6) is 5.75 Å². The van der Waals surface area contributed by atoms with Crippen LogP contribution in [0.4, 0.5) is 0 Å². The number of aryl methyl sites for hydroxylation is 1. The van der Waals surface area contributed by atoms with E-state index in [1.165, 1.54) is 5.56 Å². The molecular formula is C20H18O3. The van der Waals surface area contributed by atoms with Crippen molar-refractivity contribution in [2.45, 2.75) is 13.8 Å². The van der Waals surface area contributed by atoms with Crippen LogP contribution in [0.15, 0.2) is 57.7 Å². The van der Waals surface area contributed by atoms with E-state index in [0.717, 1.165) is 10.9 Å². The number of hydrogen-bond donors (Lipinski definition) is 0. The molecule has 1 heterocycles. The van der Waals surface area contributed by atoms with Gasteiger partial charge in [-0.1, -0.05) is 35.9 Å². The van der Waals surface area contributed by atoms with Crippen LogP contribution >= 0.6 is 0 Å². The predicted molar refractivity (Wildman–Crippen MR) is 93.8 cm³/mol. The van der Waals surface area contributed by atoms with Gasteiger partial charge in [0.05, 0.1) is 12.2 Å². The fraction of sp³-hybridized carbons (Fsp3) is 0.150. The number of fused-ring (bicyclic) bond motifs is 1. The van der Waals surface area contributed by atoms with Gasteiger partial charge < -0.3 is 9.15 Å². The molecule has 3 aromatic rings. The molecule has 2 aromatic carbocycles. The van der Waals surface area contributed by atoms with Crippen LogP contribution in [0.3, 0.4) is 0 Å². The molecule has 0 aliphatic rings. The van der Waals surface area contributed by atoms with Gasteiger partial charge in [-0.05, 0) is 43.7 Å². The van der Waals surface area contributed by atoms with Gasteiger partial charge in [0.1, 0.15) is 11.3 Å². The molecule has 0 unspecified atom stereocenters. The minimum Gasteiger partial charge on any atom is -0.494 e. The fourth-order valence-electron chi connectivity index (χ4n) is 2.44. The molecule has 0 fully saturated rings. The zero-order chi connectivity index (χ0) is 16.2. The highest BCUT2D eigenvalue weighted by atomic mass is 16.5. The Labute approximate surface area is 134 Å². The molecule has 0 radical (unpaired) electrons. The first-order valence-corrected chi connectivity index (χ1v) is 7.61. The second-order valence-corrected chi connectivity index (χ2v) is 5.37. The smallest absolute Gasteiger partial charge is 0.343 e. The maximum Gasteiger partial charge on any atom is 0.343 e. The first kappa shape index (κ1) is 15.1. The molecule has 23 heavy (non-hydrogen) atoms. The topological polar surface area (TPSA) is 39.4 Å². The molecular weight excluding hydrogens is 288 g/mol. The van der Waals surface area contributed by atoms with Gasteiger partial charge in [-0.3, -0.25) is 0 Å². The molecule has 1 aromatic heterocycles. The largest absolute Gasteiger partial charge is 0.494 e. The van der Waals surface area contributed by atoms with Crippen molar-refractivity contribution in [3.8, 4) is 5.75 Å². The zero-order valence-corrected chi connectivity index (χ0v) is 13.2. The SMILES string of the molecule is CCOc1ccc2cc(/C=C/c3cccc(C)c3)c(=O)oc2c1. The van der Waals surface area contributed by atoms with Crippen molar-refractivity contribution in [1.29, 1.82) is 0 Å². The van der Waals surface area contributed by atoms with Gasteiger partial charge in [0.15, 0.2) is 0 Å². The highest BCUT2D eigenvalue weighted by Crippen LogP contribution is 2.21. The Hall–Kier alpha value is -2.81. The summed E-state index contributed by atoms with van der Waals surface area (Å²) in [5.74, 6) is 0.700. The third-order valence-corrected chi connectivity index (χ3v) is 3.54. The summed E-state index contributed by atoms with van der Waals surface area (Å²) in [6, 6.07) is 15.4. The van der Waals surface area contributed by atoms with E-state index in [-0.39, 0.29) is 5.63 Å². The highest BCUT2D eigenvalue weighted by molar-refractivity contribution is 5.81. The number of hydrogen-bond acceptors (Lipinski definition) is 3. The Morgan fingerprint density at radius 2 is 1.96 bits per heavy atom. The van der Waals surface area contributed by atoms with Crippen molar-refractivity contribution in [2.75, 3.05) is 6.61 Å². The van der Waals surface area contributed by atoms with Gasteiger partial charge >= 0.3 is 5.63 Å². The van der Waals surface area contributed by atoms with Gasteiger partial charge in [-0.25, -0.2) is 4.79 Å². The molecule has 0 amide bonds. The molecule has 0 aliphatic carbocycles. The lowest BCUT2D eigenvalue weighted by Crippen LogP contribution is -2.02. The van der Waals surface area contributed by atoms with Gasteiger partial charge in [0, 0.05) is 11.5 Å². The van der Waals surface area contributed by atoms with Gasteiger partial charge in [-0.15, -0.1) is 0 Å².